The van der Waals surface area contributed by atoms with Crippen LogP contribution in [0.15, 0.2) is 133 Å². The third-order valence-electron chi connectivity index (χ3n) is 9.32. The van der Waals surface area contributed by atoms with Crippen LogP contribution in [0.3, 0.4) is 0 Å². The Morgan fingerprint density at radius 3 is 1.83 bits per heavy atom. The maximum Gasteiger partial charge on any atom is 2.00 e. The molecule has 0 radical (unpaired) electrons. The average Bonchev–Trinajstić information content (AvgIpc) is 3.44. The van der Waals surface area contributed by atoms with Crippen molar-refractivity contribution in [2.75, 3.05) is 7.05 Å². The van der Waals surface area contributed by atoms with E-state index in [1.807, 2.05) is 36.4 Å². The fourth-order valence-electron chi connectivity index (χ4n) is 6.86. The van der Waals surface area contributed by atoms with Gasteiger partial charge in [0.15, 0.2) is 0 Å². The van der Waals surface area contributed by atoms with Gasteiger partial charge in [-0.2, -0.15) is 0 Å². The van der Waals surface area contributed by atoms with Crippen molar-refractivity contribution in [3.63, 3.8) is 0 Å². The van der Waals surface area contributed by atoms with Gasteiger partial charge in [-0.1, -0.05) is 164 Å². The molecule has 0 bridgehead atoms. The summed E-state index contributed by atoms with van der Waals surface area (Å²) in [6, 6.07) is 39.4. The average molecular weight is 654 g/mol. The molecule has 0 atom stereocenters. The predicted molar refractivity (Wildman–Crippen MR) is 192 cm³/mol. The molecule has 0 N–H and O–H groups in total. The molecule has 1 fully saturated rings. The van der Waals surface area contributed by atoms with E-state index in [1.54, 1.807) is 0 Å². The van der Waals surface area contributed by atoms with Crippen LogP contribution >= 0.6 is 0 Å². The normalized spacial score (nSPS) is 15.5. The maximum atomic E-state index is 13.4. The minimum Gasteiger partial charge on any atom is -0.377 e. The first-order valence-electron chi connectivity index (χ1n) is 16.5. The summed E-state index contributed by atoms with van der Waals surface area (Å²) in [5, 5.41) is 0. The first-order chi connectivity index (χ1) is 22.2. The maximum absolute atomic E-state index is 13.4. The van der Waals surface area contributed by atoms with Gasteiger partial charge in [0.05, 0.1) is 0 Å². The van der Waals surface area contributed by atoms with Gasteiger partial charge in [0.1, 0.15) is 0 Å². The van der Waals surface area contributed by atoms with E-state index in [0.29, 0.717) is 6.04 Å². The van der Waals surface area contributed by atoms with Gasteiger partial charge >= 0.3 is 30.6 Å². The van der Waals surface area contributed by atoms with Crippen LogP contribution in [-0.4, -0.2) is 26.5 Å². The molecular formula is C42H43NOSiTi+2. The van der Waals surface area contributed by atoms with Crippen molar-refractivity contribution in [2.45, 2.75) is 57.0 Å². The van der Waals surface area contributed by atoms with Crippen LogP contribution in [0.25, 0.3) is 23.3 Å². The summed E-state index contributed by atoms with van der Waals surface area (Å²) in [6.45, 7) is 0. The van der Waals surface area contributed by atoms with E-state index in [1.165, 1.54) is 82.2 Å². The van der Waals surface area contributed by atoms with Gasteiger partial charge in [-0.15, -0.1) is 0 Å². The van der Waals surface area contributed by atoms with Crippen molar-refractivity contribution in [1.29, 1.82) is 0 Å². The summed E-state index contributed by atoms with van der Waals surface area (Å²) in [7, 11) is 0.303. The van der Waals surface area contributed by atoms with Crippen molar-refractivity contribution in [3.05, 3.63) is 166 Å². The van der Waals surface area contributed by atoms with E-state index in [0.717, 1.165) is 18.9 Å². The van der Waals surface area contributed by atoms with E-state index in [-0.39, 0.29) is 21.7 Å². The molecule has 0 aromatic heterocycles. The topological polar surface area (TPSA) is 20.3 Å². The second-order valence-electron chi connectivity index (χ2n) is 12.3. The number of hydrogen-bond acceptors (Lipinski definition) is 1. The molecule has 4 heteroatoms. The number of benzene rings is 4. The molecule has 4 aromatic carbocycles. The quantitative estimate of drug-likeness (QED) is 0.146. The van der Waals surface area contributed by atoms with Gasteiger partial charge in [-0.25, -0.2) is 0 Å². The minimum absolute atomic E-state index is 0. The van der Waals surface area contributed by atoms with Crippen molar-refractivity contribution in [1.82, 2.24) is 4.57 Å². The van der Waals surface area contributed by atoms with Crippen molar-refractivity contribution in [3.8, 4) is 0 Å². The Bertz CT molecular complexity index is 1680. The Labute approximate surface area is 291 Å². The summed E-state index contributed by atoms with van der Waals surface area (Å²) in [6.07, 6.45) is 18.9. The molecule has 4 aromatic rings. The Balaban J connectivity index is 0.000000209. The van der Waals surface area contributed by atoms with Crippen LogP contribution in [-0.2, 0) is 32.6 Å². The fraction of sp³-hybridized carbons (Fsp3) is 0.238. The number of allylic oxidation sites excluding steroid dienone is 6. The Kier molecular flexibility index (Phi) is 12.3. The molecule has 1 saturated carbocycles. The molecule has 0 aliphatic heterocycles. The summed E-state index contributed by atoms with van der Waals surface area (Å²) in [5.74, 6) is 0. The SMILES string of the molecule is C(C=Cc1ccccc1)=Cc1ccccc1.CN(C1CCCCC1)[Si](=O)CC1=C2C(=CC1)c1ccccc1Cc1ccccc12.[Ti+2]. The largest absolute Gasteiger partial charge is 2.00 e. The van der Waals surface area contributed by atoms with Gasteiger partial charge < -0.3 is 9.03 Å². The smallest absolute Gasteiger partial charge is 0.377 e. The van der Waals surface area contributed by atoms with Gasteiger partial charge in [-0.3, -0.25) is 0 Å². The monoisotopic (exact) mass is 653 g/mol. The summed E-state index contributed by atoms with van der Waals surface area (Å²) < 4.78 is 15.6. The van der Waals surface area contributed by atoms with Crippen LogP contribution < -0.4 is 0 Å². The third-order valence-corrected chi connectivity index (χ3v) is 11.2. The van der Waals surface area contributed by atoms with Gasteiger partial charge in [0, 0.05) is 19.1 Å². The van der Waals surface area contributed by atoms with Crippen molar-refractivity contribution >= 4 is 32.1 Å². The Morgan fingerprint density at radius 1 is 0.696 bits per heavy atom. The van der Waals surface area contributed by atoms with Crippen molar-refractivity contribution in [2.24, 2.45) is 0 Å². The van der Waals surface area contributed by atoms with Crippen LogP contribution in [0.2, 0.25) is 6.04 Å². The molecule has 228 valence electrons. The second-order valence-corrected chi connectivity index (χ2v) is 14.2. The Morgan fingerprint density at radius 2 is 1.22 bits per heavy atom. The fourth-order valence-corrected chi connectivity index (χ4v) is 8.46. The molecule has 7 rings (SSSR count). The first kappa shape index (κ1) is 33.7. The molecule has 2 nitrogen and oxygen atoms in total. The Hall–Kier alpha value is -3.63. The summed E-state index contributed by atoms with van der Waals surface area (Å²) in [5.41, 5.74) is 12.0. The van der Waals surface area contributed by atoms with E-state index >= 15 is 0 Å². The molecule has 3 aliphatic carbocycles. The van der Waals surface area contributed by atoms with Crippen molar-refractivity contribution < 1.29 is 26.2 Å². The molecule has 0 heterocycles. The number of nitrogens with zero attached hydrogens (tertiary/aromatic N) is 1. The third kappa shape index (κ3) is 8.39. The molecule has 0 saturated heterocycles. The molecule has 0 amide bonds. The summed E-state index contributed by atoms with van der Waals surface area (Å²) in [4.78, 5) is 0. The molecule has 0 unspecified atom stereocenters. The van der Waals surface area contributed by atoms with E-state index in [9.17, 15) is 4.46 Å². The predicted octanol–water partition coefficient (Wildman–Crippen LogP) is 10.4. The first-order valence-corrected chi connectivity index (χ1v) is 18.0. The van der Waals surface area contributed by atoms with E-state index in [4.69, 9.17) is 0 Å². The van der Waals surface area contributed by atoms with Gasteiger partial charge in [0.25, 0.3) is 0 Å². The number of rotatable bonds is 7. The van der Waals surface area contributed by atoms with Crippen LogP contribution in [0, 0.1) is 0 Å². The zero-order chi connectivity index (χ0) is 30.8. The summed E-state index contributed by atoms with van der Waals surface area (Å²) >= 11 is 0. The zero-order valence-corrected chi connectivity index (χ0v) is 29.4. The standard InChI is InChI=1S/C26H29NOSi.C16H14.Ti/c1-27(22-11-3-2-4-12-22)29(28)18-21-15-16-25-23-13-7-5-9-19(23)17-20-10-6-8-14-24(20)26(21)25;1-3-9-15(10-4-1)13-7-8-14-16-11-5-2-6-12-16;/h5-10,13-14,16,22H,2-4,11-12,15,17-18H2,1H3;1-14H;/q;;+2. The van der Waals surface area contributed by atoms with Crippen LogP contribution in [0.4, 0.5) is 0 Å². The zero-order valence-electron chi connectivity index (χ0n) is 26.9. The molecular weight excluding hydrogens is 610 g/mol. The minimum atomic E-state index is -1.80. The number of fused-ring (bicyclic) bond motifs is 5. The van der Waals surface area contributed by atoms with Gasteiger partial charge in [0.2, 0.25) is 0 Å². The number of hydrogen-bond donors (Lipinski definition) is 0. The van der Waals surface area contributed by atoms with Crippen LogP contribution in [0.1, 0.15) is 71.9 Å². The molecule has 46 heavy (non-hydrogen) atoms. The van der Waals surface area contributed by atoms with E-state index < -0.39 is 8.84 Å². The van der Waals surface area contributed by atoms with Crippen LogP contribution in [0.5, 0.6) is 0 Å². The molecule has 3 aliphatic rings. The van der Waals surface area contributed by atoms with Gasteiger partial charge in [-0.05, 0) is 70.2 Å². The van der Waals surface area contributed by atoms with E-state index in [2.05, 4.69) is 115 Å². The molecule has 0 spiro atoms. The second kappa shape index (κ2) is 16.8.